The maximum absolute atomic E-state index is 3.44. The van der Waals surface area contributed by atoms with Gasteiger partial charge in [0.2, 0.25) is 0 Å². The van der Waals surface area contributed by atoms with E-state index in [1.165, 1.54) is 45.6 Å². The molecule has 0 saturated carbocycles. The van der Waals surface area contributed by atoms with Gasteiger partial charge in [-0.2, -0.15) is 0 Å². The number of rotatable bonds is 1. The smallest absolute Gasteiger partial charge is 0.0192 e. The molecule has 1 N–H and O–H groups in total. The third kappa shape index (κ3) is 3.72. The van der Waals surface area contributed by atoms with E-state index in [0.717, 1.165) is 12.1 Å². The lowest BCUT2D eigenvalue weighted by Crippen LogP contribution is -2.55. The van der Waals surface area contributed by atoms with Crippen LogP contribution in [0.3, 0.4) is 0 Å². The molecule has 2 saturated heterocycles. The molecule has 2 fully saturated rings. The zero-order chi connectivity index (χ0) is 12.0. The van der Waals surface area contributed by atoms with E-state index in [1.807, 2.05) is 13.8 Å². The number of nitrogens with zero attached hydrogens (tertiary/aromatic N) is 2. The lowest BCUT2D eigenvalue weighted by molar-refractivity contribution is 0.0603. The average Bonchev–Trinajstić information content (AvgIpc) is 2.36. The molecule has 0 bridgehead atoms. The van der Waals surface area contributed by atoms with Gasteiger partial charge in [0, 0.05) is 31.7 Å². The third-order valence-electron chi connectivity index (χ3n) is 3.82. The van der Waals surface area contributed by atoms with Crippen LogP contribution in [0.15, 0.2) is 0 Å². The highest BCUT2D eigenvalue weighted by Gasteiger charge is 2.26. The first-order chi connectivity index (χ1) is 7.77. The molecule has 96 valence electrons. The van der Waals surface area contributed by atoms with Crippen LogP contribution in [-0.2, 0) is 0 Å². The van der Waals surface area contributed by atoms with E-state index < -0.39 is 0 Å². The first kappa shape index (κ1) is 13.9. The van der Waals surface area contributed by atoms with Gasteiger partial charge >= 0.3 is 0 Å². The molecule has 3 heteroatoms. The molecule has 0 aromatic carbocycles. The fraction of sp³-hybridized carbons (Fsp3) is 1.00. The van der Waals surface area contributed by atoms with Crippen molar-refractivity contribution in [2.24, 2.45) is 0 Å². The molecule has 16 heavy (non-hydrogen) atoms. The van der Waals surface area contributed by atoms with Crippen molar-refractivity contribution < 1.29 is 0 Å². The summed E-state index contributed by atoms with van der Waals surface area (Å²) < 4.78 is 0. The third-order valence-corrected chi connectivity index (χ3v) is 3.82. The summed E-state index contributed by atoms with van der Waals surface area (Å²) in [6.45, 7) is 12.5. The Hall–Kier alpha value is -0.120. The highest BCUT2D eigenvalue weighted by Crippen LogP contribution is 2.16. The SMILES string of the molecule is CC.CC1CN(C2CCNCC2)CCN1C. The van der Waals surface area contributed by atoms with Crippen molar-refractivity contribution in [1.82, 2.24) is 15.1 Å². The second-order valence-electron chi connectivity index (χ2n) is 4.81. The fourth-order valence-corrected chi connectivity index (χ4v) is 2.58. The van der Waals surface area contributed by atoms with E-state index in [1.54, 1.807) is 0 Å². The van der Waals surface area contributed by atoms with Crippen LogP contribution in [0.25, 0.3) is 0 Å². The number of nitrogens with one attached hydrogen (secondary N) is 1. The van der Waals surface area contributed by atoms with Crippen LogP contribution in [0.5, 0.6) is 0 Å². The van der Waals surface area contributed by atoms with Gasteiger partial charge in [-0.3, -0.25) is 4.90 Å². The Morgan fingerprint density at radius 1 is 1.06 bits per heavy atom. The maximum atomic E-state index is 3.44. The van der Waals surface area contributed by atoms with Gasteiger partial charge < -0.3 is 10.2 Å². The minimum absolute atomic E-state index is 0.735. The molecule has 2 heterocycles. The van der Waals surface area contributed by atoms with E-state index >= 15 is 0 Å². The molecule has 0 aromatic rings. The van der Waals surface area contributed by atoms with Crippen LogP contribution in [0.2, 0.25) is 0 Å². The molecule has 2 rings (SSSR count). The Balaban J connectivity index is 0.000000606. The molecule has 0 radical (unpaired) electrons. The summed E-state index contributed by atoms with van der Waals surface area (Å²) in [7, 11) is 2.24. The van der Waals surface area contributed by atoms with Crippen molar-refractivity contribution in [1.29, 1.82) is 0 Å². The van der Waals surface area contributed by atoms with Gasteiger partial charge in [0.1, 0.15) is 0 Å². The van der Waals surface area contributed by atoms with Crippen molar-refractivity contribution in [2.45, 2.75) is 45.7 Å². The van der Waals surface area contributed by atoms with Gasteiger partial charge in [-0.05, 0) is 39.9 Å². The minimum Gasteiger partial charge on any atom is -0.317 e. The van der Waals surface area contributed by atoms with Gasteiger partial charge in [-0.1, -0.05) is 13.8 Å². The van der Waals surface area contributed by atoms with Crippen molar-refractivity contribution in [3.8, 4) is 0 Å². The van der Waals surface area contributed by atoms with Crippen LogP contribution in [0, 0.1) is 0 Å². The molecule has 0 aliphatic carbocycles. The molecule has 3 nitrogen and oxygen atoms in total. The molecule has 0 spiro atoms. The van der Waals surface area contributed by atoms with Crippen LogP contribution < -0.4 is 5.32 Å². The molecule has 1 unspecified atom stereocenters. The molecule has 1 atom stereocenters. The predicted octanol–water partition coefficient (Wildman–Crippen LogP) is 1.40. The number of piperazine rings is 1. The molecule has 0 aromatic heterocycles. The first-order valence-electron chi connectivity index (χ1n) is 6.92. The number of hydrogen-bond acceptors (Lipinski definition) is 3. The number of piperidine rings is 1. The molecular weight excluding hydrogens is 198 g/mol. The summed E-state index contributed by atoms with van der Waals surface area (Å²) in [6, 6.07) is 1.59. The fourth-order valence-electron chi connectivity index (χ4n) is 2.58. The monoisotopic (exact) mass is 227 g/mol. The Kier molecular flexibility index (Phi) is 6.32. The van der Waals surface area contributed by atoms with E-state index in [9.17, 15) is 0 Å². The lowest BCUT2D eigenvalue weighted by Gasteiger charge is -2.43. The number of likely N-dealkylation sites (N-methyl/N-ethyl adjacent to an activating group) is 1. The van der Waals surface area contributed by atoms with Gasteiger partial charge in [0.05, 0.1) is 0 Å². The number of hydrogen-bond donors (Lipinski definition) is 1. The Bertz CT molecular complexity index is 178. The summed E-state index contributed by atoms with van der Waals surface area (Å²) >= 11 is 0. The largest absolute Gasteiger partial charge is 0.317 e. The van der Waals surface area contributed by atoms with E-state index in [2.05, 4.69) is 29.1 Å². The van der Waals surface area contributed by atoms with Crippen molar-refractivity contribution >= 4 is 0 Å². The zero-order valence-corrected chi connectivity index (χ0v) is 11.5. The van der Waals surface area contributed by atoms with E-state index in [-0.39, 0.29) is 0 Å². The highest BCUT2D eigenvalue weighted by molar-refractivity contribution is 4.84. The molecule has 2 aliphatic rings. The van der Waals surface area contributed by atoms with Gasteiger partial charge in [-0.25, -0.2) is 0 Å². The molecule has 0 amide bonds. The summed E-state index contributed by atoms with van der Waals surface area (Å²) in [6.07, 6.45) is 2.69. The predicted molar refractivity (Wildman–Crippen MR) is 70.9 cm³/mol. The maximum Gasteiger partial charge on any atom is 0.0192 e. The molecule has 2 aliphatic heterocycles. The summed E-state index contributed by atoms with van der Waals surface area (Å²) in [4.78, 5) is 5.17. The topological polar surface area (TPSA) is 18.5 Å². The van der Waals surface area contributed by atoms with Crippen LogP contribution in [-0.4, -0.2) is 61.7 Å². The van der Waals surface area contributed by atoms with Crippen LogP contribution in [0.1, 0.15) is 33.6 Å². The second kappa shape index (κ2) is 7.25. The summed E-state index contributed by atoms with van der Waals surface area (Å²) in [5, 5.41) is 3.44. The van der Waals surface area contributed by atoms with Crippen LogP contribution >= 0.6 is 0 Å². The van der Waals surface area contributed by atoms with Crippen molar-refractivity contribution in [3.05, 3.63) is 0 Å². The van der Waals surface area contributed by atoms with E-state index in [0.29, 0.717) is 0 Å². The van der Waals surface area contributed by atoms with Crippen molar-refractivity contribution in [3.63, 3.8) is 0 Å². The highest BCUT2D eigenvalue weighted by atomic mass is 15.3. The quantitative estimate of drug-likeness (QED) is 0.730. The Labute approximate surface area is 101 Å². The normalized spacial score (nSPS) is 29.6. The van der Waals surface area contributed by atoms with Crippen LogP contribution in [0.4, 0.5) is 0 Å². The minimum atomic E-state index is 0.735. The first-order valence-corrected chi connectivity index (χ1v) is 6.92. The average molecular weight is 227 g/mol. The van der Waals surface area contributed by atoms with Gasteiger partial charge in [0.15, 0.2) is 0 Å². The second-order valence-corrected chi connectivity index (χ2v) is 4.81. The summed E-state index contributed by atoms with van der Waals surface area (Å²) in [5.74, 6) is 0. The zero-order valence-electron chi connectivity index (χ0n) is 11.5. The van der Waals surface area contributed by atoms with Gasteiger partial charge in [-0.15, -0.1) is 0 Å². The summed E-state index contributed by atoms with van der Waals surface area (Å²) in [5.41, 5.74) is 0. The van der Waals surface area contributed by atoms with E-state index in [4.69, 9.17) is 0 Å². The standard InChI is InChI=1S/C11H23N3.C2H6/c1-10-9-14(8-7-13(10)2)11-3-5-12-6-4-11;1-2/h10-12H,3-9H2,1-2H3;1-2H3. The molecular formula is C13H29N3. The Morgan fingerprint density at radius 2 is 1.69 bits per heavy atom. The van der Waals surface area contributed by atoms with Gasteiger partial charge in [0.25, 0.3) is 0 Å². The van der Waals surface area contributed by atoms with Crippen molar-refractivity contribution in [2.75, 3.05) is 39.8 Å². The lowest BCUT2D eigenvalue weighted by atomic mass is 10.0. The Morgan fingerprint density at radius 3 is 2.25 bits per heavy atom.